The molecule has 5 rings (SSSR count). The van der Waals surface area contributed by atoms with Crippen LogP contribution in [0.4, 0.5) is 10.3 Å². The number of fused-ring (bicyclic) bond motifs is 1. The molecule has 0 saturated carbocycles. The molecule has 186 valence electrons. The van der Waals surface area contributed by atoms with Crippen LogP contribution in [0.15, 0.2) is 61.1 Å². The van der Waals surface area contributed by atoms with Gasteiger partial charge in [-0.1, -0.05) is 6.07 Å². The first kappa shape index (κ1) is 23.6. The Kier molecular flexibility index (Phi) is 6.05. The number of amides is 2. The predicted molar refractivity (Wildman–Crippen MR) is 131 cm³/mol. The molecule has 0 aliphatic heterocycles. The number of rotatable bonds is 7. The van der Waals surface area contributed by atoms with Gasteiger partial charge in [0, 0.05) is 31.2 Å². The van der Waals surface area contributed by atoms with Gasteiger partial charge in [0.05, 0.1) is 12.1 Å². The number of carbonyl (C=O) groups is 2. The van der Waals surface area contributed by atoms with Gasteiger partial charge in [0.15, 0.2) is 17.2 Å². The third-order valence-corrected chi connectivity index (χ3v) is 5.52. The summed E-state index contributed by atoms with van der Waals surface area (Å²) in [5.74, 6) is -2.05. The van der Waals surface area contributed by atoms with E-state index in [9.17, 15) is 14.0 Å². The zero-order valence-corrected chi connectivity index (χ0v) is 19.8. The largest absolute Gasteiger partial charge is 0.435 e. The molecule has 0 saturated heterocycles. The van der Waals surface area contributed by atoms with Crippen LogP contribution in [0.2, 0.25) is 0 Å². The molecule has 0 aliphatic rings. The Morgan fingerprint density at radius 1 is 1.16 bits per heavy atom. The fourth-order valence-electron chi connectivity index (χ4n) is 3.84. The molecule has 5 aromatic rings. The number of aryl methyl sites for hydroxylation is 2. The van der Waals surface area contributed by atoms with Crippen molar-refractivity contribution in [2.24, 2.45) is 12.8 Å². The first-order valence-corrected chi connectivity index (χ1v) is 11.1. The van der Waals surface area contributed by atoms with E-state index in [0.29, 0.717) is 11.2 Å². The van der Waals surface area contributed by atoms with Crippen molar-refractivity contribution in [1.29, 1.82) is 0 Å². The molecule has 0 spiro atoms. The Bertz CT molecular complexity index is 1660. The number of benzene rings is 1. The van der Waals surface area contributed by atoms with Crippen LogP contribution >= 0.6 is 0 Å². The number of hydrogen-bond acceptors (Lipinski definition) is 7. The van der Waals surface area contributed by atoms with E-state index in [-0.39, 0.29) is 29.6 Å². The Morgan fingerprint density at radius 3 is 2.73 bits per heavy atom. The van der Waals surface area contributed by atoms with Crippen LogP contribution in [0.25, 0.3) is 16.8 Å². The van der Waals surface area contributed by atoms with Gasteiger partial charge in [0.25, 0.3) is 5.91 Å². The predicted octanol–water partition coefficient (Wildman–Crippen LogP) is 3.04. The molecule has 2 amide bonds. The molecule has 0 unspecified atom stereocenters. The third-order valence-electron chi connectivity index (χ3n) is 5.52. The fourth-order valence-corrected chi connectivity index (χ4v) is 3.84. The standard InChI is InChI=1S/C25H21FN8O3/c1-14-18(13-33(2)31-14)16-7-9-34-21(12-16)29-25(32-34)30-22(35)11-15-5-6-20(19(26)10-15)37-24-17(23(27)36)4-3-8-28-24/h3-10,12-13H,11H2,1-2H3,(H2,27,36)(H,30,32,35). The summed E-state index contributed by atoms with van der Waals surface area (Å²) in [4.78, 5) is 32.4. The van der Waals surface area contributed by atoms with Gasteiger partial charge in [-0.3, -0.25) is 19.6 Å². The molecule has 37 heavy (non-hydrogen) atoms. The number of primary amides is 1. The summed E-state index contributed by atoms with van der Waals surface area (Å²) in [5, 5.41) is 11.3. The lowest BCUT2D eigenvalue weighted by Crippen LogP contribution is -2.15. The molecule has 11 nitrogen and oxygen atoms in total. The highest BCUT2D eigenvalue weighted by Gasteiger charge is 2.16. The van der Waals surface area contributed by atoms with E-state index in [4.69, 9.17) is 10.5 Å². The van der Waals surface area contributed by atoms with Crippen LogP contribution in [0.3, 0.4) is 0 Å². The zero-order chi connectivity index (χ0) is 26.1. The molecule has 4 heterocycles. The summed E-state index contributed by atoms with van der Waals surface area (Å²) in [5.41, 5.74) is 9.06. The van der Waals surface area contributed by atoms with Crippen LogP contribution in [0, 0.1) is 12.7 Å². The van der Waals surface area contributed by atoms with Crippen molar-refractivity contribution in [2.75, 3.05) is 5.32 Å². The smallest absolute Gasteiger partial charge is 0.254 e. The molecule has 0 bridgehead atoms. The van der Waals surface area contributed by atoms with E-state index < -0.39 is 17.6 Å². The van der Waals surface area contributed by atoms with Crippen molar-refractivity contribution >= 4 is 23.4 Å². The highest BCUT2D eigenvalue weighted by Crippen LogP contribution is 2.27. The van der Waals surface area contributed by atoms with Gasteiger partial charge in [-0.25, -0.2) is 13.9 Å². The lowest BCUT2D eigenvalue weighted by molar-refractivity contribution is -0.115. The number of halogens is 1. The monoisotopic (exact) mass is 500 g/mol. The number of nitrogens with two attached hydrogens (primary N) is 1. The molecule has 0 fully saturated rings. The normalized spacial score (nSPS) is 11.0. The Morgan fingerprint density at radius 2 is 2.00 bits per heavy atom. The number of nitrogens with one attached hydrogen (secondary N) is 1. The van der Waals surface area contributed by atoms with Crippen LogP contribution in [0.1, 0.15) is 21.6 Å². The van der Waals surface area contributed by atoms with Crippen molar-refractivity contribution in [3.8, 4) is 22.8 Å². The van der Waals surface area contributed by atoms with Crippen LogP contribution in [-0.4, -0.2) is 41.2 Å². The van der Waals surface area contributed by atoms with Gasteiger partial charge in [0.1, 0.15) is 5.56 Å². The van der Waals surface area contributed by atoms with Crippen molar-refractivity contribution in [1.82, 2.24) is 29.4 Å². The summed E-state index contributed by atoms with van der Waals surface area (Å²) in [6.45, 7) is 1.92. The van der Waals surface area contributed by atoms with Gasteiger partial charge >= 0.3 is 0 Å². The lowest BCUT2D eigenvalue weighted by Gasteiger charge is -2.09. The van der Waals surface area contributed by atoms with Crippen LogP contribution in [-0.2, 0) is 18.3 Å². The SMILES string of the molecule is Cc1nn(C)cc1-c1ccn2nc(NC(=O)Cc3ccc(Oc4ncccc4C(N)=O)c(F)c3)nc2c1. The molecular weight excluding hydrogens is 479 g/mol. The Balaban J connectivity index is 1.27. The van der Waals surface area contributed by atoms with E-state index in [1.54, 1.807) is 15.4 Å². The molecule has 3 N–H and O–H groups in total. The van der Waals surface area contributed by atoms with Crippen molar-refractivity contribution in [3.05, 3.63) is 83.7 Å². The van der Waals surface area contributed by atoms with E-state index in [2.05, 4.69) is 25.5 Å². The first-order chi connectivity index (χ1) is 17.8. The summed E-state index contributed by atoms with van der Waals surface area (Å²) < 4.78 is 23.4. The van der Waals surface area contributed by atoms with Gasteiger partial charge in [-0.15, -0.1) is 5.10 Å². The maximum absolute atomic E-state index is 14.7. The lowest BCUT2D eigenvalue weighted by atomic mass is 10.1. The number of anilines is 1. The van der Waals surface area contributed by atoms with Crippen molar-refractivity contribution in [2.45, 2.75) is 13.3 Å². The fraction of sp³-hybridized carbons (Fsp3) is 0.120. The van der Waals surface area contributed by atoms with Crippen LogP contribution < -0.4 is 15.8 Å². The van der Waals surface area contributed by atoms with E-state index in [1.807, 2.05) is 32.3 Å². The van der Waals surface area contributed by atoms with E-state index >= 15 is 0 Å². The maximum atomic E-state index is 14.7. The Labute approximate surface area is 209 Å². The summed E-state index contributed by atoms with van der Waals surface area (Å²) in [7, 11) is 1.85. The quantitative estimate of drug-likeness (QED) is 0.350. The van der Waals surface area contributed by atoms with Crippen molar-refractivity contribution in [3.63, 3.8) is 0 Å². The second-order valence-corrected chi connectivity index (χ2v) is 8.27. The molecule has 0 aliphatic carbocycles. The number of pyridine rings is 2. The second-order valence-electron chi connectivity index (χ2n) is 8.27. The average Bonchev–Trinajstić information content (AvgIpc) is 3.41. The number of hydrogen-bond donors (Lipinski definition) is 2. The average molecular weight is 500 g/mol. The van der Waals surface area contributed by atoms with E-state index in [0.717, 1.165) is 16.8 Å². The van der Waals surface area contributed by atoms with Crippen LogP contribution in [0.5, 0.6) is 11.6 Å². The first-order valence-electron chi connectivity index (χ1n) is 11.1. The number of nitrogens with zero attached hydrogens (tertiary/aromatic N) is 6. The third kappa shape index (κ3) is 4.98. The topological polar surface area (TPSA) is 142 Å². The Hall–Kier alpha value is -5.13. The number of aromatic nitrogens is 6. The molecular formula is C25H21FN8O3. The van der Waals surface area contributed by atoms with Crippen molar-refractivity contribution < 1.29 is 18.7 Å². The highest BCUT2D eigenvalue weighted by molar-refractivity contribution is 5.95. The van der Waals surface area contributed by atoms with Gasteiger partial charge < -0.3 is 10.5 Å². The molecule has 0 radical (unpaired) electrons. The minimum absolute atomic E-state index is 0.0213. The maximum Gasteiger partial charge on any atom is 0.254 e. The minimum Gasteiger partial charge on any atom is -0.435 e. The molecule has 4 aromatic heterocycles. The summed E-state index contributed by atoms with van der Waals surface area (Å²) >= 11 is 0. The van der Waals surface area contributed by atoms with Gasteiger partial charge in [-0.2, -0.15) is 10.1 Å². The van der Waals surface area contributed by atoms with E-state index in [1.165, 1.54) is 36.5 Å². The van der Waals surface area contributed by atoms with Gasteiger partial charge in [0.2, 0.25) is 17.7 Å². The minimum atomic E-state index is -0.749. The molecule has 12 heteroatoms. The molecule has 1 aromatic carbocycles. The second kappa shape index (κ2) is 9.49. The summed E-state index contributed by atoms with van der Waals surface area (Å²) in [6, 6.07) is 10.7. The van der Waals surface area contributed by atoms with Gasteiger partial charge in [-0.05, 0) is 54.4 Å². The zero-order valence-electron chi connectivity index (χ0n) is 19.8. The summed E-state index contributed by atoms with van der Waals surface area (Å²) in [6.07, 6.45) is 4.94. The number of carbonyl (C=O) groups excluding carboxylic acids is 2. The highest BCUT2D eigenvalue weighted by atomic mass is 19.1. The number of ether oxygens (including phenoxy) is 1. The molecule has 0 atom stereocenters.